The highest BCUT2D eigenvalue weighted by atomic mass is 32.1. The summed E-state index contributed by atoms with van der Waals surface area (Å²) < 4.78 is 1.72. The Kier molecular flexibility index (Phi) is 2.94. The number of aromatic nitrogens is 4. The first-order chi connectivity index (χ1) is 9.13. The molecule has 3 aromatic rings. The number of thiophene rings is 1. The lowest BCUT2D eigenvalue weighted by molar-refractivity contribution is 0.918. The molecule has 0 unspecified atom stereocenters. The third-order valence-electron chi connectivity index (χ3n) is 3.04. The Hall–Kier alpha value is -1.95. The van der Waals surface area contributed by atoms with Gasteiger partial charge in [-0.15, -0.1) is 11.3 Å². The monoisotopic (exact) mass is 273 g/mol. The van der Waals surface area contributed by atoms with Gasteiger partial charge >= 0.3 is 0 Å². The molecule has 0 atom stereocenters. The average molecular weight is 273 g/mol. The fourth-order valence-corrected chi connectivity index (χ4v) is 2.96. The van der Waals surface area contributed by atoms with Crippen LogP contribution in [-0.2, 0) is 6.54 Å². The first kappa shape index (κ1) is 12.1. The number of nitrogens with zero attached hydrogens (tertiary/aromatic N) is 4. The summed E-state index contributed by atoms with van der Waals surface area (Å²) in [6.07, 6.45) is 1.52. The molecule has 98 valence electrons. The van der Waals surface area contributed by atoms with Gasteiger partial charge in [-0.3, -0.25) is 0 Å². The molecule has 1 N–H and O–H groups in total. The highest BCUT2D eigenvalue weighted by Crippen LogP contribution is 2.21. The van der Waals surface area contributed by atoms with Crippen molar-refractivity contribution < 1.29 is 0 Å². The van der Waals surface area contributed by atoms with Crippen LogP contribution in [0.3, 0.4) is 0 Å². The van der Waals surface area contributed by atoms with E-state index in [1.807, 2.05) is 24.3 Å². The van der Waals surface area contributed by atoms with Crippen LogP contribution >= 0.6 is 11.3 Å². The number of aryl methyl sites for hydroxylation is 3. The fraction of sp³-hybridized carbons (Fsp3) is 0.308. The molecule has 0 radical (unpaired) electrons. The molecule has 0 saturated heterocycles. The van der Waals surface area contributed by atoms with Crippen molar-refractivity contribution in [3.05, 3.63) is 39.5 Å². The van der Waals surface area contributed by atoms with Gasteiger partial charge in [0.2, 0.25) is 0 Å². The van der Waals surface area contributed by atoms with Gasteiger partial charge < -0.3 is 5.32 Å². The number of anilines is 1. The fourth-order valence-electron chi connectivity index (χ4n) is 1.97. The van der Waals surface area contributed by atoms with Gasteiger partial charge in [0, 0.05) is 21.5 Å². The molecular formula is C13H15N5S. The molecule has 0 spiro atoms. The molecule has 0 fully saturated rings. The first-order valence-electron chi connectivity index (χ1n) is 6.10. The molecular weight excluding hydrogens is 258 g/mol. The van der Waals surface area contributed by atoms with Gasteiger partial charge in [0.15, 0.2) is 0 Å². The van der Waals surface area contributed by atoms with E-state index in [0.717, 1.165) is 18.1 Å². The van der Waals surface area contributed by atoms with Crippen LogP contribution < -0.4 is 5.32 Å². The molecule has 3 aromatic heterocycles. The second-order valence-corrected chi connectivity index (χ2v) is 5.90. The summed E-state index contributed by atoms with van der Waals surface area (Å²) in [6.45, 7) is 7.04. The summed E-state index contributed by atoms with van der Waals surface area (Å²) in [4.78, 5) is 11.1. The van der Waals surface area contributed by atoms with Crippen LogP contribution in [0.15, 0.2) is 18.5 Å². The summed E-state index contributed by atoms with van der Waals surface area (Å²) in [6, 6.07) is 4.20. The number of fused-ring (bicyclic) bond motifs is 1. The smallest absolute Gasteiger partial charge is 0.254 e. The van der Waals surface area contributed by atoms with E-state index in [1.54, 1.807) is 4.52 Å². The largest absolute Gasteiger partial charge is 0.365 e. The molecule has 0 aliphatic carbocycles. The van der Waals surface area contributed by atoms with Crippen molar-refractivity contribution >= 4 is 22.9 Å². The van der Waals surface area contributed by atoms with E-state index >= 15 is 0 Å². The van der Waals surface area contributed by atoms with Crippen molar-refractivity contribution in [2.75, 3.05) is 5.32 Å². The second kappa shape index (κ2) is 4.62. The maximum atomic E-state index is 4.32. The Morgan fingerprint density at radius 3 is 2.84 bits per heavy atom. The predicted molar refractivity (Wildman–Crippen MR) is 76.6 cm³/mol. The topological polar surface area (TPSA) is 55.1 Å². The molecule has 0 amide bonds. The Morgan fingerprint density at radius 2 is 2.11 bits per heavy atom. The van der Waals surface area contributed by atoms with Gasteiger partial charge in [0.25, 0.3) is 5.78 Å². The molecule has 0 bridgehead atoms. The molecule has 0 aromatic carbocycles. The molecule has 5 nitrogen and oxygen atoms in total. The number of rotatable bonds is 3. The standard InChI is InChI=1S/C13H15N5S/c1-8-4-11(19-10(8)3)6-14-12-5-9(2)17-13-15-7-16-18(12)13/h4-5,7,14H,6H2,1-3H3. The summed E-state index contributed by atoms with van der Waals surface area (Å²) >= 11 is 1.82. The van der Waals surface area contributed by atoms with Crippen LogP contribution in [0.5, 0.6) is 0 Å². The summed E-state index contributed by atoms with van der Waals surface area (Å²) in [5.74, 6) is 1.55. The second-order valence-electron chi connectivity index (χ2n) is 4.56. The van der Waals surface area contributed by atoms with Crippen molar-refractivity contribution in [3.8, 4) is 0 Å². The van der Waals surface area contributed by atoms with Crippen LogP contribution in [0.25, 0.3) is 5.78 Å². The van der Waals surface area contributed by atoms with E-state index < -0.39 is 0 Å². The number of hydrogen-bond donors (Lipinski definition) is 1. The highest BCUT2D eigenvalue weighted by molar-refractivity contribution is 7.12. The van der Waals surface area contributed by atoms with Gasteiger partial charge in [0.1, 0.15) is 12.1 Å². The molecule has 19 heavy (non-hydrogen) atoms. The number of nitrogens with one attached hydrogen (secondary N) is 1. The van der Waals surface area contributed by atoms with Crippen LogP contribution in [0, 0.1) is 20.8 Å². The summed E-state index contributed by atoms with van der Waals surface area (Å²) in [5, 5.41) is 7.58. The van der Waals surface area contributed by atoms with Gasteiger partial charge in [-0.05, 0) is 32.4 Å². The van der Waals surface area contributed by atoms with E-state index in [2.05, 4.69) is 40.3 Å². The molecule has 3 rings (SSSR count). The molecule has 0 aliphatic rings. The summed E-state index contributed by atoms with van der Waals surface area (Å²) in [7, 11) is 0. The molecule has 0 aliphatic heterocycles. The van der Waals surface area contributed by atoms with Crippen molar-refractivity contribution in [2.45, 2.75) is 27.3 Å². The Balaban J connectivity index is 1.87. The Bertz CT molecular complexity index is 708. The average Bonchev–Trinajstić information content (AvgIpc) is 2.94. The maximum Gasteiger partial charge on any atom is 0.254 e. The predicted octanol–water partition coefficient (Wildman–Crippen LogP) is 2.72. The lowest BCUT2D eigenvalue weighted by Gasteiger charge is -2.07. The van der Waals surface area contributed by atoms with Gasteiger partial charge in [-0.25, -0.2) is 4.98 Å². The van der Waals surface area contributed by atoms with Gasteiger partial charge in [-0.1, -0.05) is 0 Å². The van der Waals surface area contributed by atoms with E-state index in [1.165, 1.54) is 21.6 Å². The molecule has 6 heteroatoms. The van der Waals surface area contributed by atoms with Crippen LogP contribution in [0.1, 0.15) is 21.0 Å². The minimum atomic E-state index is 0.626. The minimum Gasteiger partial charge on any atom is -0.365 e. The zero-order valence-electron chi connectivity index (χ0n) is 11.1. The zero-order chi connectivity index (χ0) is 13.4. The molecule has 3 heterocycles. The van der Waals surface area contributed by atoms with Crippen LogP contribution in [0.4, 0.5) is 5.82 Å². The van der Waals surface area contributed by atoms with Gasteiger partial charge in [0.05, 0.1) is 6.54 Å². The van der Waals surface area contributed by atoms with E-state index in [-0.39, 0.29) is 0 Å². The lowest BCUT2D eigenvalue weighted by atomic mass is 10.3. The third-order valence-corrected chi connectivity index (χ3v) is 4.19. The lowest BCUT2D eigenvalue weighted by Crippen LogP contribution is -2.06. The van der Waals surface area contributed by atoms with Crippen LogP contribution in [0.2, 0.25) is 0 Å². The minimum absolute atomic E-state index is 0.626. The van der Waals surface area contributed by atoms with Crippen LogP contribution in [-0.4, -0.2) is 19.6 Å². The van der Waals surface area contributed by atoms with Crippen molar-refractivity contribution in [2.24, 2.45) is 0 Å². The quantitative estimate of drug-likeness (QED) is 0.797. The van der Waals surface area contributed by atoms with E-state index in [9.17, 15) is 0 Å². The van der Waals surface area contributed by atoms with Crippen molar-refractivity contribution in [1.29, 1.82) is 0 Å². The SMILES string of the molecule is Cc1cc(NCc2cc(C)c(C)s2)n2ncnc2n1. The van der Waals surface area contributed by atoms with Crippen molar-refractivity contribution in [3.63, 3.8) is 0 Å². The molecule has 0 saturated carbocycles. The normalized spacial score (nSPS) is 11.1. The number of hydrogen-bond acceptors (Lipinski definition) is 5. The van der Waals surface area contributed by atoms with E-state index in [4.69, 9.17) is 0 Å². The Labute approximate surface area is 115 Å². The maximum absolute atomic E-state index is 4.32. The Morgan fingerprint density at radius 1 is 1.26 bits per heavy atom. The van der Waals surface area contributed by atoms with E-state index in [0.29, 0.717) is 5.78 Å². The van der Waals surface area contributed by atoms with Crippen molar-refractivity contribution in [1.82, 2.24) is 19.6 Å². The first-order valence-corrected chi connectivity index (χ1v) is 6.92. The highest BCUT2D eigenvalue weighted by Gasteiger charge is 2.06. The summed E-state index contributed by atoms with van der Waals surface area (Å²) in [5.41, 5.74) is 2.28. The third kappa shape index (κ3) is 2.31. The zero-order valence-corrected chi connectivity index (χ0v) is 12.0. The van der Waals surface area contributed by atoms with Gasteiger partial charge in [-0.2, -0.15) is 14.6 Å².